The predicted molar refractivity (Wildman–Crippen MR) is 85.9 cm³/mol. The predicted octanol–water partition coefficient (Wildman–Crippen LogP) is 0.545. The molecule has 0 radical (unpaired) electrons. The summed E-state index contributed by atoms with van der Waals surface area (Å²) in [6, 6.07) is 0.300. The van der Waals surface area contributed by atoms with Crippen LogP contribution in [0.4, 0.5) is 0 Å². The highest BCUT2D eigenvalue weighted by Gasteiger charge is 2.36. The average molecular weight is 325 g/mol. The quantitative estimate of drug-likeness (QED) is 0.712. The number of hydrogen-bond acceptors (Lipinski definition) is 6. The van der Waals surface area contributed by atoms with Crippen molar-refractivity contribution in [2.45, 2.75) is 44.7 Å². The van der Waals surface area contributed by atoms with Crippen molar-refractivity contribution in [2.75, 3.05) is 36.9 Å². The number of thioether (sulfide) groups is 1. The second-order valence-corrected chi connectivity index (χ2v) is 9.58. The zero-order valence-corrected chi connectivity index (χ0v) is 14.6. The van der Waals surface area contributed by atoms with E-state index in [1.165, 1.54) is 0 Å². The van der Waals surface area contributed by atoms with Crippen molar-refractivity contribution in [3.05, 3.63) is 0 Å². The molecular formula is C13H28N2O3S2. The minimum Gasteiger partial charge on any atom is -0.388 e. The van der Waals surface area contributed by atoms with E-state index < -0.39 is 20.8 Å². The lowest BCUT2D eigenvalue weighted by Crippen LogP contribution is -2.56. The van der Waals surface area contributed by atoms with Gasteiger partial charge in [0.25, 0.3) is 0 Å². The van der Waals surface area contributed by atoms with Gasteiger partial charge in [-0.25, -0.2) is 8.42 Å². The zero-order valence-electron chi connectivity index (χ0n) is 12.9. The lowest BCUT2D eigenvalue weighted by molar-refractivity contribution is 0.0174. The second-order valence-electron chi connectivity index (χ2n) is 5.98. The van der Waals surface area contributed by atoms with E-state index in [1.807, 2.05) is 18.7 Å². The van der Waals surface area contributed by atoms with Gasteiger partial charge in [0.2, 0.25) is 0 Å². The molecule has 120 valence electrons. The number of aliphatic hydroxyl groups is 1. The van der Waals surface area contributed by atoms with E-state index in [0.717, 1.165) is 5.75 Å². The van der Waals surface area contributed by atoms with Gasteiger partial charge in [0.1, 0.15) is 5.37 Å². The molecule has 0 aromatic rings. The van der Waals surface area contributed by atoms with Gasteiger partial charge in [-0.05, 0) is 6.92 Å². The van der Waals surface area contributed by atoms with Gasteiger partial charge < -0.3 is 10.4 Å². The van der Waals surface area contributed by atoms with Crippen molar-refractivity contribution in [2.24, 2.45) is 0 Å². The molecule has 20 heavy (non-hydrogen) atoms. The molecule has 0 spiro atoms. The topological polar surface area (TPSA) is 69.6 Å². The van der Waals surface area contributed by atoms with E-state index in [2.05, 4.69) is 5.32 Å². The smallest absolute Gasteiger partial charge is 0.166 e. The fraction of sp³-hybridized carbons (Fsp3) is 1.00. The molecule has 1 saturated heterocycles. The summed E-state index contributed by atoms with van der Waals surface area (Å²) in [5.41, 5.74) is -0.923. The van der Waals surface area contributed by atoms with Gasteiger partial charge in [-0.3, -0.25) is 4.90 Å². The van der Waals surface area contributed by atoms with E-state index in [-0.39, 0.29) is 5.75 Å². The number of hydrogen-bond donors (Lipinski definition) is 2. The Morgan fingerprint density at radius 3 is 2.70 bits per heavy atom. The van der Waals surface area contributed by atoms with E-state index in [9.17, 15) is 13.5 Å². The highest BCUT2D eigenvalue weighted by molar-refractivity contribution is 8.01. The van der Waals surface area contributed by atoms with Gasteiger partial charge in [0.05, 0.1) is 5.60 Å². The Hall–Kier alpha value is 0.180. The minimum absolute atomic E-state index is 0.154. The van der Waals surface area contributed by atoms with Crippen LogP contribution in [0, 0.1) is 0 Å². The van der Waals surface area contributed by atoms with E-state index in [1.54, 1.807) is 25.6 Å². The van der Waals surface area contributed by atoms with E-state index in [4.69, 9.17) is 0 Å². The number of rotatable bonds is 7. The molecular weight excluding hydrogens is 296 g/mol. The first kappa shape index (κ1) is 18.2. The number of nitrogens with one attached hydrogen (secondary N) is 1. The molecule has 1 aliphatic rings. The van der Waals surface area contributed by atoms with Crippen molar-refractivity contribution >= 4 is 21.6 Å². The van der Waals surface area contributed by atoms with Gasteiger partial charge in [0, 0.05) is 42.9 Å². The summed E-state index contributed by atoms with van der Waals surface area (Å²) in [7, 11) is -3.10. The fourth-order valence-corrected chi connectivity index (χ4v) is 5.32. The molecule has 1 aliphatic heterocycles. The van der Waals surface area contributed by atoms with Crippen LogP contribution in [-0.2, 0) is 9.84 Å². The fourth-order valence-electron chi connectivity index (χ4n) is 2.24. The molecule has 0 bridgehead atoms. The number of sulfone groups is 1. The van der Waals surface area contributed by atoms with Crippen LogP contribution in [0.15, 0.2) is 0 Å². The van der Waals surface area contributed by atoms with Gasteiger partial charge in [-0.15, -0.1) is 0 Å². The average Bonchev–Trinajstić information content (AvgIpc) is 2.36. The zero-order chi connectivity index (χ0) is 15.4. The summed E-state index contributed by atoms with van der Waals surface area (Å²) in [6.07, 6.45) is 0. The van der Waals surface area contributed by atoms with Crippen LogP contribution >= 0.6 is 11.8 Å². The molecule has 1 rings (SSSR count). The first-order valence-electron chi connectivity index (χ1n) is 7.17. The van der Waals surface area contributed by atoms with Crippen LogP contribution < -0.4 is 5.32 Å². The third-order valence-electron chi connectivity index (χ3n) is 3.44. The Morgan fingerprint density at radius 1 is 1.50 bits per heavy atom. The van der Waals surface area contributed by atoms with Crippen LogP contribution in [0.3, 0.4) is 0 Å². The molecule has 0 amide bonds. The third-order valence-corrected chi connectivity index (χ3v) is 6.77. The van der Waals surface area contributed by atoms with E-state index in [0.29, 0.717) is 31.4 Å². The van der Waals surface area contributed by atoms with Crippen molar-refractivity contribution < 1.29 is 13.5 Å². The molecule has 0 saturated carbocycles. The summed E-state index contributed by atoms with van der Waals surface area (Å²) in [5.74, 6) is 1.67. The minimum atomic E-state index is -3.10. The Morgan fingerprint density at radius 2 is 2.15 bits per heavy atom. The lowest BCUT2D eigenvalue weighted by atomic mass is 10.1. The molecule has 2 unspecified atom stereocenters. The van der Waals surface area contributed by atoms with Crippen LogP contribution in [0.5, 0.6) is 0 Å². The van der Waals surface area contributed by atoms with Crippen molar-refractivity contribution in [3.8, 4) is 0 Å². The van der Waals surface area contributed by atoms with Gasteiger partial charge >= 0.3 is 0 Å². The Bertz CT molecular complexity index is 396. The highest BCUT2D eigenvalue weighted by Crippen LogP contribution is 2.23. The van der Waals surface area contributed by atoms with Crippen molar-refractivity contribution in [1.29, 1.82) is 0 Å². The summed E-state index contributed by atoms with van der Waals surface area (Å²) in [4.78, 5) is 1.93. The summed E-state index contributed by atoms with van der Waals surface area (Å²) < 4.78 is 24.3. The maximum atomic E-state index is 12.2. The maximum absolute atomic E-state index is 12.2. The van der Waals surface area contributed by atoms with Gasteiger partial charge in [0.15, 0.2) is 9.84 Å². The first-order chi connectivity index (χ1) is 9.18. The van der Waals surface area contributed by atoms with Gasteiger partial charge in [-0.2, -0.15) is 11.8 Å². The molecule has 1 heterocycles. The Balaban J connectivity index is 2.71. The monoisotopic (exact) mass is 324 g/mol. The molecule has 1 fully saturated rings. The van der Waals surface area contributed by atoms with E-state index >= 15 is 0 Å². The SMILES string of the molecule is CCS(=O)(=O)C1CSCCN1CC(C)(O)CNC(C)C. The summed E-state index contributed by atoms with van der Waals surface area (Å²) in [6.45, 7) is 9.07. The highest BCUT2D eigenvalue weighted by atomic mass is 32.2. The first-order valence-corrected chi connectivity index (χ1v) is 10.0. The van der Waals surface area contributed by atoms with Crippen LogP contribution in [-0.4, -0.2) is 72.3 Å². The summed E-state index contributed by atoms with van der Waals surface area (Å²) in [5, 5.41) is 13.2. The number of nitrogens with zero attached hydrogens (tertiary/aromatic N) is 1. The van der Waals surface area contributed by atoms with Crippen molar-refractivity contribution in [3.63, 3.8) is 0 Å². The summed E-state index contributed by atoms with van der Waals surface area (Å²) >= 11 is 1.68. The largest absolute Gasteiger partial charge is 0.388 e. The third kappa shape index (κ3) is 5.52. The lowest BCUT2D eigenvalue weighted by Gasteiger charge is -2.39. The number of β-amino-alcohol motifs (C(OH)–C–C–N with tert-alkyl or cyclic N) is 1. The van der Waals surface area contributed by atoms with Crippen molar-refractivity contribution in [1.82, 2.24) is 10.2 Å². The standard InChI is InChI=1S/C13H28N2O3S2/c1-5-20(17,18)12-8-19-7-6-15(12)10-13(4,16)9-14-11(2)3/h11-12,14,16H,5-10H2,1-4H3. The Kier molecular flexibility index (Phi) is 6.79. The maximum Gasteiger partial charge on any atom is 0.166 e. The molecule has 7 heteroatoms. The van der Waals surface area contributed by atoms with Crippen LogP contribution in [0.1, 0.15) is 27.7 Å². The van der Waals surface area contributed by atoms with Crippen LogP contribution in [0.2, 0.25) is 0 Å². The Labute approximate surface area is 127 Å². The molecule has 0 aromatic heterocycles. The molecule has 2 atom stereocenters. The second kappa shape index (κ2) is 7.45. The molecule has 0 aromatic carbocycles. The van der Waals surface area contributed by atoms with Crippen LogP contribution in [0.25, 0.3) is 0 Å². The molecule has 2 N–H and O–H groups in total. The normalized spacial score (nSPS) is 24.8. The molecule has 0 aliphatic carbocycles. The molecule has 5 nitrogen and oxygen atoms in total. The van der Waals surface area contributed by atoms with Gasteiger partial charge in [-0.1, -0.05) is 20.8 Å².